The SMILES string of the molecule is CC1(CN2CCN(C(=O)COc3ccc(F)cc3)CC2)CCNC1. The molecule has 1 amide bonds. The Labute approximate surface area is 142 Å². The molecule has 1 aromatic rings. The van der Waals surface area contributed by atoms with E-state index in [1.165, 1.54) is 30.7 Å². The Balaban J connectivity index is 1.40. The van der Waals surface area contributed by atoms with Crippen molar-refractivity contribution in [1.29, 1.82) is 0 Å². The molecule has 0 spiro atoms. The minimum atomic E-state index is -0.309. The fourth-order valence-electron chi connectivity index (χ4n) is 3.47. The minimum absolute atomic E-state index is 0.00674. The second-order valence-electron chi connectivity index (χ2n) is 7.14. The third-order valence-corrected chi connectivity index (χ3v) is 4.96. The highest BCUT2D eigenvalue weighted by atomic mass is 19.1. The maximum Gasteiger partial charge on any atom is 0.260 e. The number of amides is 1. The molecule has 5 nitrogen and oxygen atoms in total. The van der Waals surface area contributed by atoms with Crippen LogP contribution in [0.3, 0.4) is 0 Å². The van der Waals surface area contributed by atoms with Crippen LogP contribution < -0.4 is 10.1 Å². The highest BCUT2D eigenvalue weighted by Crippen LogP contribution is 2.26. The molecule has 0 bridgehead atoms. The molecule has 6 heteroatoms. The van der Waals surface area contributed by atoms with Crippen molar-refractivity contribution >= 4 is 5.91 Å². The molecule has 1 N–H and O–H groups in total. The maximum absolute atomic E-state index is 12.8. The first kappa shape index (κ1) is 17.2. The smallest absolute Gasteiger partial charge is 0.260 e. The summed E-state index contributed by atoms with van der Waals surface area (Å²) in [6, 6.07) is 5.74. The molecule has 1 unspecified atom stereocenters. The van der Waals surface area contributed by atoms with Gasteiger partial charge < -0.3 is 15.0 Å². The Hall–Kier alpha value is -1.66. The van der Waals surface area contributed by atoms with Gasteiger partial charge in [-0.05, 0) is 42.6 Å². The number of rotatable bonds is 5. The van der Waals surface area contributed by atoms with Gasteiger partial charge in [-0.25, -0.2) is 4.39 Å². The van der Waals surface area contributed by atoms with Crippen molar-refractivity contribution in [3.63, 3.8) is 0 Å². The van der Waals surface area contributed by atoms with Crippen molar-refractivity contribution in [2.45, 2.75) is 13.3 Å². The number of carbonyl (C=O) groups is 1. The molecule has 0 aromatic heterocycles. The van der Waals surface area contributed by atoms with Gasteiger partial charge in [-0.2, -0.15) is 0 Å². The van der Waals surface area contributed by atoms with Crippen LogP contribution in [0.25, 0.3) is 0 Å². The molecule has 3 rings (SSSR count). The molecule has 2 fully saturated rings. The van der Waals surface area contributed by atoms with Gasteiger partial charge in [0, 0.05) is 39.3 Å². The molecule has 132 valence electrons. The topological polar surface area (TPSA) is 44.8 Å². The van der Waals surface area contributed by atoms with Gasteiger partial charge in [-0.15, -0.1) is 0 Å². The number of hydrogen-bond donors (Lipinski definition) is 1. The summed E-state index contributed by atoms with van der Waals surface area (Å²) in [6.07, 6.45) is 1.22. The number of benzene rings is 1. The first-order valence-electron chi connectivity index (χ1n) is 8.63. The van der Waals surface area contributed by atoms with Gasteiger partial charge >= 0.3 is 0 Å². The van der Waals surface area contributed by atoms with Gasteiger partial charge in [0.2, 0.25) is 0 Å². The van der Waals surface area contributed by atoms with Gasteiger partial charge in [-0.1, -0.05) is 6.92 Å². The summed E-state index contributed by atoms with van der Waals surface area (Å²) in [4.78, 5) is 16.6. The van der Waals surface area contributed by atoms with Crippen LogP contribution in [-0.4, -0.2) is 68.1 Å². The summed E-state index contributed by atoms with van der Waals surface area (Å²) < 4.78 is 18.3. The van der Waals surface area contributed by atoms with Crippen LogP contribution in [0.15, 0.2) is 24.3 Å². The molecule has 2 aliphatic heterocycles. The average molecular weight is 335 g/mol. The second-order valence-corrected chi connectivity index (χ2v) is 7.14. The summed E-state index contributed by atoms with van der Waals surface area (Å²) in [6.45, 7) is 8.94. The highest BCUT2D eigenvalue weighted by Gasteiger charge is 2.32. The number of nitrogens with one attached hydrogen (secondary N) is 1. The Morgan fingerprint density at radius 1 is 1.25 bits per heavy atom. The first-order valence-corrected chi connectivity index (χ1v) is 8.63. The molecule has 0 saturated carbocycles. The summed E-state index contributed by atoms with van der Waals surface area (Å²) in [5.74, 6) is 0.203. The number of halogens is 1. The van der Waals surface area contributed by atoms with E-state index in [1.807, 2.05) is 4.90 Å². The number of hydrogen-bond acceptors (Lipinski definition) is 4. The lowest BCUT2D eigenvalue weighted by Gasteiger charge is -2.38. The third-order valence-electron chi connectivity index (χ3n) is 4.96. The standard InChI is InChI=1S/C18H26FN3O2/c1-18(6-7-20-13-18)14-21-8-10-22(11-9-21)17(23)12-24-16-4-2-15(19)3-5-16/h2-5,20H,6-14H2,1H3. The summed E-state index contributed by atoms with van der Waals surface area (Å²) in [5, 5.41) is 3.43. The Kier molecular flexibility index (Phi) is 5.36. The maximum atomic E-state index is 12.8. The lowest BCUT2D eigenvalue weighted by Crippen LogP contribution is -2.52. The van der Waals surface area contributed by atoms with Crippen molar-refractivity contribution in [2.75, 3.05) is 52.4 Å². The molecule has 24 heavy (non-hydrogen) atoms. The number of piperazine rings is 1. The molecular weight excluding hydrogens is 309 g/mol. The number of ether oxygens (including phenoxy) is 1. The predicted octanol–water partition coefficient (Wildman–Crippen LogP) is 1.35. The molecule has 2 heterocycles. The summed E-state index contributed by atoms with van der Waals surface area (Å²) >= 11 is 0. The Bertz CT molecular complexity index is 550. The number of carbonyl (C=O) groups excluding carboxylic acids is 1. The zero-order valence-electron chi connectivity index (χ0n) is 14.3. The van der Waals surface area contributed by atoms with Crippen LogP contribution >= 0.6 is 0 Å². The molecule has 0 aliphatic carbocycles. The van der Waals surface area contributed by atoms with Crippen molar-refractivity contribution in [3.8, 4) is 5.75 Å². The van der Waals surface area contributed by atoms with Crippen LogP contribution in [0.2, 0.25) is 0 Å². The van der Waals surface area contributed by atoms with Gasteiger partial charge in [0.05, 0.1) is 0 Å². The van der Waals surface area contributed by atoms with E-state index < -0.39 is 0 Å². The van der Waals surface area contributed by atoms with Crippen LogP contribution in [0.5, 0.6) is 5.75 Å². The van der Waals surface area contributed by atoms with Crippen LogP contribution in [0, 0.1) is 11.2 Å². The second kappa shape index (κ2) is 7.49. The molecule has 2 saturated heterocycles. The van der Waals surface area contributed by atoms with Crippen LogP contribution in [0.4, 0.5) is 4.39 Å². The summed E-state index contributed by atoms with van der Waals surface area (Å²) in [7, 11) is 0. The van der Waals surface area contributed by atoms with E-state index in [4.69, 9.17) is 4.74 Å². The van der Waals surface area contributed by atoms with Crippen molar-refractivity contribution < 1.29 is 13.9 Å². The van der Waals surface area contributed by atoms with E-state index in [9.17, 15) is 9.18 Å². The zero-order chi connectivity index (χ0) is 17.0. The van der Waals surface area contributed by atoms with E-state index in [2.05, 4.69) is 17.1 Å². The molecular formula is C18H26FN3O2. The van der Waals surface area contributed by atoms with Gasteiger partial charge in [0.25, 0.3) is 5.91 Å². The van der Waals surface area contributed by atoms with Crippen molar-refractivity contribution in [2.24, 2.45) is 5.41 Å². The Morgan fingerprint density at radius 3 is 2.58 bits per heavy atom. The van der Waals surface area contributed by atoms with E-state index >= 15 is 0 Å². The Morgan fingerprint density at radius 2 is 1.96 bits per heavy atom. The van der Waals surface area contributed by atoms with E-state index in [1.54, 1.807) is 0 Å². The fourth-order valence-corrected chi connectivity index (χ4v) is 3.47. The van der Waals surface area contributed by atoms with E-state index in [-0.39, 0.29) is 18.3 Å². The minimum Gasteiger partial charge on any atom is -0.484 e. The summed E-state index contributed by atoms with van der Waals surface area (Å²) in [5.41, 5.74) is 0.359. The number of nitrogens with zero attached hydrogens (tertiary/aromatic N) is 2. The van der Waals surface area contributed by atoms with Gasteiger partial charge in [0.1, 0.15) is 11.6 Å². The zero-order valence-corrected chi connectivity index (χ0v) is 14.3. The largest absolute Gasteiger partial charge is 0.484 e. The highest BCUT2D eigenvalue weighted by molar-refractivity contribution is 5.77. The first-order chi connectivity index (χ1) is 11.5. The van der Waals surface area contributed by atoms with Crippen LogP contribution in [0.1, 0.15) is 13.3 Å². The van der Waals surface area contributed by atoms with Crippen LogP contribution in [-0.2, 0) is 4.79 Å². The van der Waals surface area contributed by atoms with Gasteiger partial charge in [0.15, 0.2) is 6.61 Å². The predicted molar refractivity (Wildman–Crippen MR) is 90.5 cm³/mol. The lowest BCUT2D eigenvalue weighted by molar-refractivity contribution is -0.135. The average Bonchev–Trinajstić information content (AvgIpc) is 3.01. The van der Waals surface area contributed by atoms with Crippen molar-refractivity contribution in [1.82, 2.24) is 15.1 Å². The molecule has 0 radical (unpaired) electrons. The molecule has 2 aliphatic rings. The lowest BCUT2D eigenvalue weighted by atomic mass is 9.89. The quantitative estimate of drug-likeness (QED) is 0.882. The monoisotopic (exact) mass is 335 g/mol. The van der Waals surface area contributed by atoms with E-state index in [0.29, 0.717) is 11.2 Å². The third kappa shape index (κ3) is 4.45. The van der Waals surface area contributed by atoms with E-state index in [0.717, 1.165) is 45.8 Å². The van der Waals surface area contributed by atoms with Gasteiger partial charge in [-0.3, -0.25) is 9.69 Å². The fraction of sp³-hybridized carbons (Fsp3) is 0.611. The molecule has 1 aromatic carbocycles. The molecule has 1 atom stereocenters. The van der Waals surface area contributed by atoms with Crippen molar-refractivity contribution in [3.05, 3.63) is 30.1 Å². The normalized spacial score (nSPS) is 25.0.